The number of anilines is 4. The number of hydrogen-bond donors (Lipinski definition) is 4. The van der Waals surface area contributed by atoms with Crippen LogP contribution in [0, 0.1) is 11.3 Å². The number of nitrogens with one attached hydrogen (secondary N) is 2. The molecule has 0 spiro atoms. The highest BCUT2D eigenvalue weighted by molar-refractivity contribution is 8.25. The number of benzene rings is 1. The zero-order valence-electron chi connectivity index (χ0n) is 20.2. The number of aromatic nitrogens is 4. The molecule has 4 heterocycles. The topological polar surface area (TPSA) is 138 Å². The van der Waals surface area contributed by atoms with Gasteiger partial charge < -0.3 is 15.5 Å². The summed E-state index contributed by atoms with van der Waals surface area (Å²) in [6, 6.07) is 5.12. The lowest BCUT2D eigenvalue weighted by Crippen LogP contribution is -2.57. The lowest BCUT2D eigenvalue weighted by molar-refractivity contribution is 0.151. The van der Waals surface area contributed by atoms with E-state index in [1.165, 1.54) is 22.8 Å². The number of imidazole rings is 1. The monoisotopic (exact) mass is 565 g/mol. The van der Waals surface area contributed by atoms with E-state index in [0.29, 0.717) is 54.8 Å². The Labute approximate surface area is 223 Å². The summed E-state index contributed by atoms with van der Waals surface area (Å²) in [5, 5.41) is 20.4. The first-order chi connectivity index (χ1) is 18.2. The Balaban J connectivity index is 1.28. The highest BCUT2D eigenvalue weighted by Crippen LogP contribution is 2.50. The quantitative estimate of drug-likeness (QED) is 0.330. The van der Waals surface area contributed by atoms with Gasteiger partial charge in [0.25, 0.3) is 6.43 Å². The number of fused-ring (bicyclic) bond motifs is 1. The van der Waals surface area contributed by atoms with Gasteiger partial charge in [0, 0.05) is 43.8 Å². The molecular formula is C23H26ClF2N9O2S. The van der Waals surface area contributed by atoms with Gasteiger partial charge >= 0.3 is 0 Å². The Kier molecular flexibility index (Phi) is 6.43. The summed E-state index contributed by atoms with van der Waals surface area (Å²) < 4.78 is 48.6. The summed E-state index contributed by atoms with van der Waals surface area (Å²) in [4.78, 5) is 12.9. The third kappa shape index (κ3) is 4.92. The van der Waals surface area contributed by atoms with E-state index in [4.69, 9.17) is 11.6 Å². The Morgan fingerprint density at radius 3 is 2.53 bits per heavy atom. The first-order valence-corrected chi connectivity index (χ1v) is 14.5. The molecule has 0 radical (unpaired) electrons. The van der Waals surface area contributed by atoms with Crippen LogP contribution in [-0.4, -0.2) is 83.4 Å². The van der Waals surface area contributed by atoms with E-state index in [-0.39, 0.29) is 40.0 Å². The highest BCUT2D eigenvalue weighted by atomic mass is 35.5. The van der Waals surface area contributed by atoms with Crippen molar-refractivity contribution < 1.29 is 17.9 Å². The van der Waals surface area contributed by atoms with Crippen molar-refractivity contribution in [2.75, 3.05) is 53.2 Å². The number of alkyl halides is 2. The lowest BCUT2D eigenvalue weighted by Gasteiger charge is -2.53. The van der Waals surface area contributed by atoms with Crippen LogP contribution in [0.4, 0.5) is 31.9 Å². The van der Waals surface area contributed by atoms with Crippen molar-refractivity contribution in [3.8, 4) is 6.07 Å². The molecule has 38 heavy (non-hydrogen) atoms. The summed E-state index contributed by atoms with van der Waals surface area (Å²) in [7, 11) is -2.43. The van der Waals surface area contributed by atoms with E-state index >= 15 is 0 Å². The van der Waals surface area contributed by atoms with Crippen molar-refractivity contribution in [3.63, 3.8) is 0 Å². The van der Waals surface area contributed by atoms with Crippen molar-refractivity contribution in [1.29, 1.82) is 5.26 Å². The molecule has 3 aliphatic rings. The maximum absolute atomic E-state index is 13.9. The summed E-state index contributed by atoms with van der Waals surface area (Å²) in [6.07, 6.45) is 0.668. The molecule has 202 valence electrons. The Hall–Kier alpha value is -2.96. The molecule has 1 aliphatic carbocycles. The number of piperazine rings is 1. The molecule has 2 saturated heterocycles. The predicted molar refractivity (Wildman–Crippen MR) is 142 cm³/mol. The fourth-order valence-electron chi connectivity index (χ4n) is 4.83. The van der Waals surface area contributed by atoms with Gasteiger partial charge in [-0.2, -0.15) is 25.4 Å². The minimum atomic E-state index is -2.72. The van der Waals surface area contributed by atoms with Crippen LogP contribution in [0.25, 0.3) is 5.65 Å². The van der Waals surface area contributed by atoms with E-state index in [1.54, 1.807) is 0 Å². The zero-order valence-corrected chi connectivity index (χ0v) is 21.8. The Bertz CT molecular complexity index is 1410. The first kappa shape index (κ1) is 25.3. The molecule has 2 aliphatic heterocycles. The summed E-state index contributed by atoms with van der Waals surface area (Å²) in [6.45, 7) is 2.43. The van der Waals surface area contributed by atoms with E-state index < -0.39 is 17.0 Å². The van der Waals surface area contributed by atoms with Crippen molar-refractivity contribution in [3.05, 3.63) is 34.6 Å². The maximum Gasteiger partial charge on any atom is 0.264 e. The van der Waals surface area contributed by atoms with Crippen LogP contribution in [0.3, 0.4) is 0 Å². The van der Waals surface area contributed by atoms with Crippen molar-refractivity contribution >= 4 is 51.0 Å². The van der Waals surface area contributed by atoms with Gasteiger partial charge in [0.1, 0.15) is 6.07 Å². The van der Waals surface area contributed by atoms with Gasteiger partial charge in [-0.1, -0.05) is 11.6 Å². The highest BCUT2D eigenvalue weighted by Gasteiger charge is 2.39. The summed E-state index contributed by atoms with van der Waals surface area (Å²) >= 11 is 6.77. The van der Waals surface area contributed by atoms with Crippen LogP contribution in [0.2, 0.25) is 5.02 Å². The Morgan fingerprint density at radius 1 is 1.16 bits per heavy atom. The van der Waals surface area contributed by atoms with Crippen LogP contribution in [0.15, 0.2) is 18.3 Å². The molecule has 2 aromatic heterocycles. The van der Waals surface area contributed by atoms with E-state index in [9.17, 15) is 23.1 Å². The molecule has 4 N–H and O–H groups in total. The number of halogens is 3. The second-order valence-corrected chi connectivity index (χ2v) is 12.5. The molecule has 1 aromatic carbocycles. The lowest BCUT2D eigenvalue weighted by atomic mass is 10.1. The van der Waals surface area contributed by atoms with Gasteiger partial charge in [0.15, 0.2) is 17.2 Å². The van der Waals surface area contributed by atoms with Crippen LogP contribution >= 0.6 is 22.2 Å². The fraction of sp³-hybridized carbons (Fsp3) is 0.478. The normalized spacial score (nSPS) is 20.8. The third-order valence-electron chi connectivity index (χ3n) is 7.06. The molecule has 6 rings (SSSR count). The Morgan fingerprint density at radius 2 is 1.89 bits per heavy atom. The third-order valence-corrected chi connectivity index (χ3v) is 9.29. The standard InChI is InChI=1S/C23H26ClF2N9O2S/c24-19-17(30-23-31-21(29-14-1-2-14)22-28-10-15(9-27)35(22)32-23)7-13(20(25)26)8-18(19)34-5-3-33(4-6-34)16-11-38(36,37)12-16/h7-8,10,14,16,20,36-37H,1-6,11-12H2,(H2,29,30,31,32). The first-order valence-electron chi connectivity index (χ1n) is 12.2. The van der Waals surface area contributed by atoms with Gasteiger partial charge in [-0.25, -0.2) is 13.8 Å². The average molecular weight is 566 g/mol. The minimum absolute atomic E-state index is 0.0863. The maximum atomic E-state index is 13.9. The second kappa shape index (κ2) is 9.65. The molecule has 1 saturated carbocycles. The molecule has 3 fully saturated rings. The fourth-order valence-corrected chi connectivity index (χ4v) is 6.67. The zero-order chi connectivity index (χ0) is 26.6. The van der Waals surface area contributed by atoms with E-state index in [1.807, 2.05) is 11.0 Å². The molecular weight excluding hydrogens is 540 g/mol. The van der Waals surface area contributed by atoms with Gasteiger partial charge in [-0.05, 0) is 25.0 Å². The number of rotatable bonds is 7. The van der Waals surface area contributed by atoms with E-state index in [0.717, 1.165) is 12.8 Å². The van der Waals surface area contributed by atoms with Crippen molar-refractivity contribution in [1.82, 2.24) is 24.5 Å². The van der Waals surface area contributed by atoms with E-state index in [2.05, 4.69) is 30.6 Å². The van der Waals surface area contributed by atoms with Gasteiger partial charge in [0.2, 0.25) is 5.95 Å². The largest absolute Gasteiger partial charge is 0.368 e. The van der Waals surface area contributed by atoms with Crippen molar-refractivity contribution in [2.45, 2.75) is 31.4 Å². The van der Waals surface area contributed by atoms with Crippen LogP contribution in [0.1, 0.15) is 30.5 Å². The molecule has 11 nitrogen and oxygen atoms in total. The van der Waals surface area contributed by atoms with Crippen LogP contribution in [0.5, 0.6) is 0 Å². The number of nitrogens with zero attached hydrogens (tertiary/aromatic N) is 7. The smallest absolute Gasteiger partial charge is 0.264 e. The molecule has 0 unspecified atom stereocenters. The van der Waals surface area contributed by atoms with Crippen LogP contribution < -0.4 is 15.5 Å². The summed E-state index contributed by atoms with van der Waals surface area (Å²) in [5.41, 5.74) is 1.12. The summed E-state index contributed by atoms with van der Waals surface area (Å²) in [5.74, 6) is 1.30. The van der Waals surface area contributed by atoms with Gasteiger partial charge in [-0.15, -0.1) is 5.10 Å². The molecule has 15 heteroatoms. The molecule has 3 aromatic rings. The number of hydrogen-bond acceptors (Lipinski definition) is 10. The van der Waals surface area contributed by atoms with Gasteiger partial charge in [0.05, 0.1) is 34.1 Å². The molecule has 0 atom stereocenters. The minimum Gasteiger partial charge on any atom is -0.368 e. The molecule has 0 amide bonds. The molecule has 0 bridgehead atoms. The second-order valence-electron chi connectivity index (χ2n) is 9.83. The van der Waals surface area contributed by atoms with Crippen LogP contribution in [-0.2, 0) is 0 Å². The van der Waals surface area contributed by atoms with Crippen molar-refractivity contribution in [2.24, 2.45) is 0 Å². The average Bonchev–Trinajstić information content (AvgIpc) is 3.59. The number of nitriles is 1. The van der Waals surface area contributed by atoms with Gasteiger partial charge in [-0.3, -0.25) is 14.0 Å². The predicted octanol–water partition coefficient (Wildman–Crippen LogP) is 4.16. The SMILES string of the molecule is N#Cc1cnc2c(NC3CC3)nc(Nc3cc(C(F)F)cc(N4CCN(C5CS(O)(O)C5)CC4)c3Cl)nn12.